The third kappa shape index (κ3) is 1.44. The van der Waals surface area contributed by atoms with E-state index in [1.54, 1.807) is 0 Å². The molecule has 1 saturated heterocycles. The molecule has 2 bridgehead atoms. The molecular weight excluding hydrogens is 330 g/mol. The van der Waals surface area contributed by atoms with E-state index in [0.29, 0.717) is 29.4 Å². The van der Waals surface area contributed by atoms with E-state index in [-0.39, 0.29) is 23.7 Å². The minimum Gasteiger partial charge on any atom is -0.274 e. The first-order valence-corrected chi connectivity index (χ1v) is 8.28. The van der Waals surface area contributed by atoms with Gasteiger partial charge < -0.3 is 0 Å². The van der Waals surface area contributed by atoms with Crippen LogP contribution in [0.1, 0.15) is 6.42 Å². The summed E-state index contributed by atoms with van der Waals surface area (Å²) < 4.78 is 0.950. The molecule has 0 spiro atoms. The highest BCUT2D eigenvalue weighted by atomic mass is 79.9. The van der Waals surface area contributed by atoms with Gasteiger partial charge in [0.2, 0.25) is 11.8 Å². The van der Waals surface area contributed by atoms with Crippen LogP contribution in [0.3, 0.4) is 0 Å². The van der Waals surface area contributed by atoms with Gasteiger partial charge in [0.05, 0.1) is 17.5 Å². The van der Waals surface area contributed by atoms with Gasteiger partial charge in [0.25, 0.3) is 0 Å². The van der Waals surface area contributed by atoms with E-state index in [1.807, 2.05) is 24.3 Å². The number of halogens is 1. The normalized spacial score (nSPS) is 42.2. The number of allylic oxidation sites excluding steroid dienone is 2. The second-order valence-corrected chi connectivity index (χ2v) is 7.56. The molecule has 3 nitrogen and oxygen atoms in total. The van der Waals surface area contributed by atoms with Crippen LogP contribution in [-0.2, 0) is 9.59 Å². The zero-order valence-corrected chi connectivity index (χ0v) is 12.9. The highest BCUT2D eigenvalue weighted by Crippen LogP contribution is 2.65. The Bertz CT molecular complexity index is 659. The van der Waals surface area contributed by atoms with E-state index in [4.69, 9.17) is 0 Å². The Hall–Kier alpha value is -1.42. The third-order valence-corrected chi connectivity index (χ3v) is 6.28. The lowest BCUT2D eigenvalue weighted by Crippen LogP contribution is -2.40. The molecule has 2 amide bonds. The van der Waals surface area contributed by atoms with Gasteiger partial charge >= 0.3 is 0 Å². The fraction of sp³-hybridized carbons (Fsp3) is 0.412. The molecule has 6 atom stereocenters. The topological polar surface area (TPSA) is 37.4 Å². The Kier molecular flexibility index (Phi) is 2.23. The monoisotopic (exact) mass is 343 g/mol. The average Bonchev–Trinajstić information content (AvgIpc) is 3.26. The van der Waals surface area contributed by atoms with Crippen LogP contribution < -0.4 is 4.90 Å². The Balaban J connectivity index is 1.58. The maximum atomic E-state index is 12.8. The quantitative estimate of drug-likeness (QED) is 0.580. The lowest BCUT2D eigenvalue weighted by atomic mass is 9.63. The molecule has 0 aromatic heterocycles. The summed E-state index contributed by atoms with van der Waals surface area (Å²) in [4.78, 5) is 27.1. The summed E-state index contributed by atoms with van der Waals surface area (Å²) in [6, 6.07) is 7.44. The van der Waals surface area contributed by atoms with Gasteiger partial charge in [-0.2, -0.15) is 0 Å². The number of anilines is 1. The van der Waals surface area contributed by atoms with Crippen molar-refractivity contribution in [3.63, 3.8) is 0 Å². The van der Waals surface area contributed by atoms with Crippen molar-refractivity contribution in [3.8, 4) is 0 Å². The molecule has 106 valence electrons. The van der Waals surface area contributed by atoms with Gasteiger partial charge in [-0.25, -0.2) is 0 Å². The van der Waals surface area contributed by atoms with Gasteiger partial charge in [-0.3, -0.25) is 14.5 Å². The molecule has 1 aliphatic heterocycles. The molecule has 1 heterocycles. The van der Waals surface area contributed by atoms with Crippen LogP contribution >= 0.6 is 15.9 Å². The second-order valence-electron chi connectivity index (χ2n) is 6.64. The van der Waals surface area contributed by atoms with E-state index in [2.05, 4.69) is 28.1 Å². The summed E-state index contributed by atoms with van der Waals surface area (Å²) in [5.74, 6) is 1.70. The Labute approximate surface area is 131 Å². The lowest BCUT2D eigenvalue weighted by molar-refractivity contribution is -0.124. The smallest absolute Gasteiger partial charge is 0.238 e. The SMILES string of the molecule is O=C1[C@@H]2[C@H]3C=C[C@H]([C@@H]4C[C@H]34)[C@@H]2C(=O)N1c1ccc(Br)cc1. The van der Waals surface area contributed by atoms with E-state index < -0.39 is 0 Å². The summed E-state index contributed by atoms with van der Waals surface area (Å²) in [6.45, 7) is 0. The number of imide groups is 1. The standard InChI is InChI=1S/C17H14BrNO2/c18-8-1-3-9(4-2-8)19-16(20)14-10-5-6-11(13-7-12(10)13)15(14)17(19)21/h1-6,10-15H,7H2/t10-,11+,12+,13-,14+,15-. The zero-order valence-electron chi connectivity index (χ0n) is 11.3. The van der Waals surface area contributed by atoms with Gasteiger partial charge in [-0.05, 0) is 54.4 Å². The summed E-state index contributed by atoms with van der Waals surface area (Å²) in [6.07, 6.45) is 5.61. The van der Waals surface area contributed by atoms with E-state index in [1.165, 1.54) is 11.3 Å². The molecular formula is C17H14BrNO2. The third-order valence-electron chi connectivity index (χ3n) is 5.75. The van der Waals surface area contributed by atoms with Crippen molar-refractivity contribution in [2.45, 2.75) is 6.42 Å². The summed E-state index contributed by atoms with van der Waals surface area (Å²) in [5.41, 5.74) is 0.704. The van der Waals surface area contributed by atoms with E-state index >= 15 is 0 Å². The fourth-order valence-corrected chi connectivity index (χ4v) is 5.07. The Morgan fingerprint density at radius 1 is 0.905 bits per heavy atom. The zero-order chi connectivity index (χ0) is 14.3. The van der Waals surface area contributed by atoms with Crippen LogP contribution in [0, 0.1) is 35.5 Å². The van der Waals surface area contributed by atoms with Crippen molar-refractivity contribution in [3.05, 3.63) is 40.9 Å². The van der Waals surface area contributed by atoms with Crippen LogP contribution in [0.4, 0.5) is 5.69 Å². The number of benzene rings is 1. The van der Waals surface area contributed by atoms with Crippen LogP contribution in [-0.4, -0.2) is 11.8 Å². The molecule has 4 aliphatic carbocycles. The largest absolute Gasteiger partial charge is 0.274 e. The first kappa shape index (κ1) is 12.2. The van der Waals surface area contributed by atoms with Crippen molar-refractivity contribution in [2.24, 2.45) is 35.5 Å². The van der Waals surface area contributed by atoms with Gasteiger partial charge in [-0.15, -0.1) is 0 Å². The van der Waals surface area contributed by atoms with Crippen LogP contribution in [0.5, 0.6) is 0 Å². The molecule has 0 unspecified atom stereocenters. The van der Waals surface area contributed by atoms with Gasteiger partial charge in [0.15, 0.2) is 0 Å². The molecule has 1 aromatic carbocycles. The molecule has 3 fully saturated rings. The van der Waals surface area contributed by atoms with Gasteiger partial charge in [0, 0.05) is 4.47 Å². The van der Waals surface area contributed by atoms with Crippen molar-refractivity contribution in [1.29, 1.82) is 0 Å². The first-order valence-electron chi connectivity index (χ1n) is 7.48. The highest BCUT2D eigenvalue weighted by Gasteiger charge is 2.67. The number of rotatable bonds is 1. The maximum absolute atomic E-state index is 12.8. The summed E-state index contributed by atoms with van der Waals surface area (Å²) in [7, 11) is 0. The van der Waals surface area contributed by atoms with E-state index in [9.17, 15) is 9.59 Å². The molecule has 1 aromatic rings. The van der Waals surface area contributed by atoms with E-state index in [0.717, 1.165) is 4.47 Å². The van der Waals surface area contributed by atoms with Crippen LogP contribution in [0.2, 0.25) is 0 Å². The van der Waals surface area contributed by atoms with Crippen molar-refractivity contribution in [2.75, 3.05) is 4.90 Å². The number of amides is 2. The second kappa shape index (κ2) is 3.86. The first-order chi connectivity index (χ1) is 10.2. The van der Waals surface area contributed by atoms with Gasteiger partial charge in [-0.1, -0.05) is 28.1 Å². The number of carbonyl (C=O) groups is 2. The predicted molar refractivity (Wildman–Crippen MR) is 81.3 cm³/mol. The van der Waals surface area contributed by atoms with Crippen LogP contribution in [0.25, 0.3) is 0 Å². The summed E-state index contributed by atoms with van der Waals surface area (Å²) in [5, 5.41) is 0. The summed E-state index contributed by atoms with van der Waals surface area (Å²) >= 11 is 3.39. The number of carbonyl (C=O) groups excluding carboxylic acids is 2. The molecule has 2 saturated carbocycles. The molecule has 4 heteroatoms. The minimum atomic E-state index is -0.111. The maximum Gasteiger partial charge on any atom is 0.238 e. The molecule has 21 heavy (non-hydrogen) atoms. The molecule has 0 radical (unpaired) electrons. The number of nitrogens with zero attached hydrogens (tertiary/aromatic N) is 1. The Morgan fingerprint density at radius 2 is 1.43 bits per heavy atom. The number of hydrogen-bond donors (Lipinski definition) is 0. The molecule has 5 aliphatic rings. The van der Waals surface area contributed by atoms with Crippen molar-refractivity contribution < 1.29 is 9.59 Å². The van der Waals surface area contributed by atoms with Crippen LogP contribution in [0.15, 0.2) is 40.9 Å². The minimum absolute atomic E-state index is 0.0111. The fourth-order valence-electron chi connectivity index (χ4n) is 4.80. The lowest BCUT2D eigenvalue weighted by Gasteiger charge is -2.37. The molecule has 0 N–H and O–H groups in total. The molecule has 6 rings (SSSR count). The highest BCUT2D eigenvalue weighted by molar-refractivity contribution is 9.10. The Morgan fingerprint density at radius 3 is 1.95 bits per heavy atom. The van der Waals surface area contributed by atoms with Gasteiger partial charge in [0.1, 0.15) is 0 Å². The van der Waals surface area contributed by atoms with Crippen molar-refractivity contribution >= 4 is 33.4 Å². The van der Waals surface area contributed by atoms with Crippen molar-refractivity contribution in [1.82, 2.24) is 0 Å². The predicted octanol–water partition coefficient (Wildman–Crippen LogP) is 3.01. The number of hydrogen-bond acceptors (Lipinski definition) is 2. The average molecular weight is 344 g/mol.